The molecule has 3 N–H and O–H groups in total. The summed E-state index contributed by atoms with van der Waals surface area (Å²) in [6, 6.07) is 8.38. The Balaban J connectivity index is 1.64. The highest BCUT2D eigenvalue weighted by molar-refractivity contribution is 6.07. The van der Waals surface area contributed by atoms with Crippen molar-refractivity contribution >= 4 is 28.9 Å². The van der Waals surface area contributed by atoms with Crippen molar-refractivity contribution in [1.82, 2.24) is 0 Å². The number of halogens is 1. The third kappa shape index (κ3) is 2.95. The number of benzene rings is 2. The summed E-state index contributed by atoms with van der Waals surface area (Å²) in [6.07, 6.45) is 2.62. The standard InChI is InChI=1S/C19H18FN3O2/c20-14-9-11-6-7-18(24)22-16(11)10-17(14)23-19(25)13-3-1-5-15-12(13)4-2-8-21-15/h1,3,5,9-10,21H,2,4,6-8H2,(H,22,24)(H,23,25). The third-order valence-electron chi connectivity index (χ3n) is 4.68. The van der Waals surface area contributed by atoms with Crippen LogP contribution in [0.1, 0.15) is 34.3 Å². The van der Waals surface area contributed by atoms with E-state index in [-0.39, 0.29) is 17.5 Å². The smallest absolute Gasteiger partial charge is 0.256 e. The Morgan fingerprint density at radius 3 is 2.88 bits per heavy atom. The van der Waals surface area contributed by atoms with Crippen molar-refractivity contribution < 1.29 is 14.0 Å². The van der Waals surface area contributed by atoms with Gasteiger partial charge >= 0.3 is 0 Å². The Morgan fingerprint density at radius 2 is 2.00 bits per heavy atom. The van der Waals surface area contributed by atoms with Crippen LogP contribution >= 0.6 is 0 Å². The molecule has 6 heteroatoms. The van der Waals surface area contributed by atoms with Crippen LogP contribution in [-0.2, 0) is 17.6 Å². The number of nitrogens with one attached hydrogen (secondary N) is 3. The molecule has 25 heavy (non-hydrogen) atoms. The lowest BCUT2D eigenvalue weighted by molar-refractivity contribution is -0.116. The van der Waals surface area contributed by atoms with Gasteiger partial charge in [-0.05, 0) is 54.7 Å². The third-order valence-corrected chi connectivity index (χ3v) is 4.68. The fourth-order valence-electron chi connectivity index (χ4n) is 3.41. The van der Waals surface area contributed by atoms with Gasteiger partial charge in [-0.2, -0.15) is 0 Å². The fourth-order valence-corrected chi connectivity index (χ4v) is 3.41. The quantitative estimate of drug-likeness (QED) is 0.786. The molecule has 0 aliphatic carbocycles. The Bertz CT molecular complexity index is 879. The van der Waals surface area contributed by atoms with E-state index in [2.05, 4.69) is 16.0 Å². The van der Waals surface area contributed by atoms with Gasteiger partial charge in [-0.1, -0.05) is 6.07 Å². The summed E-state index contributed by atoms with van der Waals surface area (Å²) in [6.45, 7) is 0.886. The molecule has 0 radical (unpaired) electrons. The highest BCUT2D eigenvalue weighted by atomic mass is 19.1. The predicted molar refractivity (Wildman–Crippen MR) is 94.6 cm³/mol. The molecule has 0 fully saturated rings. The van der Waals surface area contributed by atoms with Crippen LogP contribution in [0.4, 0.5) is 21.5 Å². The first kappa shape index (κ1) is 15.6. The molecule has 0 unspecified atom stereocenters. The molecule has 0 saturated carbocycles. The SMILES string of the molecule is O=C1CCc2cc(F)c(NC(=O)c3cccc4c3CCCN4)cc2N1. The summed E-state index contributed by atoms with van der Waals surface area (Å²) in [5.41, 5.74) is 3.84. The molecule has 2 aliphatic heterocycles. The van der Waals surface area contributed by atoms with Gasteiger partial charge in [0.2, 0.25) is 5.91 Å². The lowest BCUT2D eigenvalue weighted by Crippen LogP contribution is -2.21. The summed E-state index contributed by atoms with van der Waals surface area (Å²) >= 11 is 0. The van der Waals surface area contributed by atoms with E-state index >= 15 is 0 Å². The molecule has 2 heterocycles. The maximum atomic E-state index is 14.4. The first-order valence-electron chi connectivity index (χ1n) is 8.41. The molecule has 5 nitrogen and oxygen atoms in total. The maximum Gasteiger partial charge on any atom is 0.256 e. The molecule has 0 bridgehead atoms. The normalized spacial score (nSPS) is 15.5. The van der Waals surface area contributed by atoms with Crippen LogP contribution in [0.5, 0.6) is 0 Å². The van der Waals surface area contributed by atoms with Crippen LogP contribution in [0.25, 0.3) is 0 Å². The van der Waals surface area contributed by atoms with Crippen LogP contribution in [0.2, 0.25) is 0 Å². The number of amides is 2. The van der Waals surface area contributed by atoms with Crippen molar-refractivity contribution in [3.63, 3.8) is 0 Å². The molecule has 4 rings (SSSR count). The minimum atomic E-state index is -0.494. The van der Waals surface area contributed by atoms with Crippen molar-refractivity contribution in [3.8, 4) is 0 Å². The Morgan fingerprint density at radius 1 is 1.12 bits per heavy atom. The van der Waals surface area contributed by atoms with Crippen LogP contribution in [0.15, 0.2) is 30.3 Å². The minimum absolute atomic E-state index is 0.0762. The van der Waals surface area contributed by atoms with Crippen LogP contribution in [0.3, 0.4) is 0 Å². The average Bonchev–Trinajstić information content (AvgIpc) is 2.62. The Labute approximate surface area is 144 Å². The summed E-state index contributed by atoms with van der Waals surface area (Å²) in [7, 11) is 0. The number of hydrogen-bond donors (Lipinski definition) is 3. The molecular formula is C19H18FN3O2. The summed E-state index contributed by atoms with van der Waals surface area (Å²) in [4.78, 5) is 24.2. The van der Waals surface area contributed by atoms with Crippen molar-refractivity contribution in [2.45, 2.75) is 25.7 Å². The van der Waals surface area contributed by atoms with Gasteiger partial charge in [0, 0.05) is 29.9 Å². The van der Waals surface area contributed by atoms with Gasteiger partial charge in [0.15, 0.2) is 0 Å². The van der Waals surface area contributed by atoms with Gasteiger partial charge in [-0.3, -0.25) is 9.59 Å². The van der Waals surface area contributed by atoms with Gasteiger partial charge in [0.05, 0.1) is 5.69 Å². The molecule has 128 valence electrons. The van der Waals surface area contributed by atoms with Crippen molar-refractivity contribution in [1.29, 1.82) is 0 Å². The fraction of sp³-hybridized carbons (Fsp3) is 0.263. The molecule has 2 amide bonds. The summed E-state index contributed by atoms with van der Waals surface area (Å²) in [5.74, 6) is -0.938. The molecule has 2 aromatic rings. The van der Waals surface area contributed by atoms with Gasteiger partial charge in [-0.25, -0.2) is 4.39 Å². The number of hydrogen-bond acceptors (Lipinski definition) is 3. The first-order valence-corrected chi connectivity index (χ1v) is 8.41. The van der Waals surface area contributed by atoms with Crippen molar-refractivity contribution in [3.05, 3.63) is 52.8 Å². The van der Waals surface area contributed by atoms with E-state index in [4.69, 9.17) is 0 Å². The number of rotatable bonds is 2. The second-order valence-electron chi connectivity index (χ2n) is 6.35. The highest BCUT2D eigenvalue weighted by Gasteiger charge is 2.21. The summed E-state index contributed by atoms with van der Waals surface area (Å²) < 4.78 is 14.4. The number of aryl methyl sites for hydroxylation is 1. The lowest BCUT2D eigenvalue weighted by Gasteiger charge is -2.21. The van der Waals surface area contributed by atoms with Crippen molar-refractivity contribution in [2.24, 2.45) is 0 Å². The number of carbonyl (C=O) groups is 2. The highest BCUT2D eigenvalue weighted by Crippen LogP contribution is 2.30. The molecule has 0 saturated heterocycles. The van der Waals surface area contributed by atoms with E-state index in [1.165, 1.54) is 12.1 Å². The number of anilines is 3. The number of fused-ring (bicyclic) bond motifs is 2. The van der Waals surface area contributed by atoms with Gasteiger partial charge in [0.1, 0.15) is 5.82 Å². The second-order valence-corrected chi connectivity index (χ2v) is 6.35. The van der Waals surface area contributed by atoms with E-state index in [9.17, 15) is 14.0 Å². The lowest BCUT2D eigenvalue weighted by atomic mass is 9.97. The topological polar surface area (TPSA) is 70.2 Å². The number of carbonyl (C=O) groups excluding carboxylic acids is 2. The zero-order valence-corrected chi connectivity index (χ0v) is 13.6. The molecule has 2 aromatic carbocycles. The van der Waals surface area contributed by atoms with Crippen LogP contribution < -0.4 is 16.0 Å². The molecular weight excluding hydrogens is 321 g/mol. The molecule has 0 spiro atoms. The van der Waals surface area contributed by atoms with E-state index < -0.39 is 5.82 Å². The van der Waals surface area contributed by atoms with E-state index in [1.807, 2.05) is 12.1 Å². The van der Waals surface area contributed by atoms with E-state index in [0.29, 0.717) is 24.1 Å². The van der Waals surface area contributed by atoms with Crippen LogP contribution in [-0.4, -0.2) is 18.4 Å². The first-order chi connectivity index (χ1) is 12.1. The second kappa shape index (κ2) is 6.20. The molecule has 2 aliphatic rings. The van der Waals surface area contributed by atoms with Gasteiger partial charge in [0.25, 0.3) is 5.91 Å². The van der Waals surface area contributed by atoms with Gasteiger partial charge < -0.3 is 16.0 Å². The molecule has 0 aromatic heterocycles. The summed E-state index contributed by atoms with van der Waals surface area (Å²) in [5, 5.41) is 8.65. The zero-order chi connectivity index (χ0) is 17.4. The van der Waals surface area contributed by atoms with Gasteiger partial charge in [-0.15, -0.1) is 0 Å². The zero-order valence-electron chi connectivity index (χ0n) is 13.6. The minimum Gasteiger partial charge on any atom is -0.385 e. The average molecular weight is 339 g/mol. The maximum absolute atomic E-state index is 14.4. The monoisotopic (exact) mass is 339 g/mol. The van der Waals surface area contributed by atoms with Crippen LogP contribution in [0, 0.1) is 5.82 Å². The van der Waals surface area contributed by atoms with E-state index in [0.717, 1.165) is 36.2 Å². The predicted octanol–water partition coefficient (Wildman–Crippen LogP) is 3.32. The molecule has 0 atom stereocenters. The largest absolute Gasteiger partial charge is 0.385 e. The Kier molecular flexibility index (Phi) is 3.87. The Hall–Kier alpha value is -2.89. The van der Waals surface area contributed by atoms with E-state index in [1.54, 1.807) is 6.07 Å². The van der Waals surface area contributed by atoms with Crippen molar-refractivity contribution in [2.75, 3.05) is 22.5 Å².